The molecule has 0 amide bonds. The predicted molar refractivity (Wildman–Crippen MR) is 16.8 cm³/mol. The fourth-order valence-electron chi connectivity index (χ4n) is 0. The van der Waals surface area contributed by atoms with Crippen LogP contribution in [0.15, 0.2) is 0 Å². The maximum absolute atomic E-state index is 8.58. The van der Waals surface area contributed by atoms with Crippen molar-refractivity contribution in [3.8, 4) is 0 Å². The summed E-state index contributed by atoms with van der Waals surface area (Å²) in [6.45, 7) is 0. The fraction of sp³-hybridized carbons (Fsp3) is 0. The first kappa shape index (κ1) is 63.0. The van der Waals surface area contributed by atoms with Gasteiger partial charge in [-0.3, -0.25) is 0 Å². The van der Waals surface area contributed by atoms with Gasteiger partial charge < -0.3 is 27.0 Å². The molecule has 0 aromatic rings. The average molecular weight is 604 g/mol. The van der Waals surface area contributed by atoms with Crippen molar-refractivity contribution in [2.75, 3.05) is 0 Å². The van der Waals surface area contributed by atoms with Gasteiger partial charge in [-0.25, -0.2) is 0 Å². The van der Waals surface area contributed by atoms with E-state index in [2.05, 4.69) is 0 Å². The van der Waals surface area contributed by atoms with E-state index >= 15 is 0 Å². The van der Waals surface area contributed by atoms with Crippen molar-refractivity contribution < 1.29 is 315 Å². The van der Waals surface area contributed by atoms with E-state index in [1.807, 2.05) is 0 Å². The molecule has 0 heterocycles. The molecule has 19 heteroatoms. The van der Waals surface area contributed by atoms with Gasteiger partial charge >= 0.3 is 315 Å². The van der Waals surface area contributed by atoms with E-state index in [0.717, 1.165) is 0 Å². The van der Waals surface area contributed by atoms with E-state index in [1.165, 1.54) is 0 Å². The Kier molecular flexibility index (Phi) is 187. The van der Waals surface area contributed by atoms with Crippen LogP contribution in [0.5, 0.6) is 0 Å². The van der Waals surface area contributed by atoms with E-state index < -0.39 is 55.8 Å². The normalized spacial score (nSPS) is 4.11. The van der Waals surface area contributed by atoms with Gasteiger partial charge in [-0.15, -0.1) is 0 Å². The first-order valence-electron chi connectivity index (χ1n) is 1.84. The van der Waals surface area contributed by atoms with Gasteiger partial charge in [0.2, 0.25) is 0 Å². The van der Waals surface area contributed by atoms with Crippen LogP contribution in [0.25, 0.3) is 0 Å². The molecule has 0 bridgehead atoms. The van der Waals surface area contributed by atoms with Gasteiger partial charge in [-0.1, -0.05) is 0 Å². The summed E-state index contributed by atoms with van der Waals surface area (Å²) >= 11 is -12.2. The van der Waals surface area contributed by atoms with Gasteiger partial charge in [-0.2, -0.15) is 0 Å². The van der Waals surface area contributed by atoms with Gasteiger partial charge in [0, 0.05) is 0 Å². The number of rotatable bonds is 0. The van der Waals surface area contributed by atoms with Crippen LogP contribution in [0.4, 0.5) is 0 Å². The molecule has 0 unspecified atom stereocenters. The van der Waals surface area contributed by atoms with Crippen LogP contribution in [0.1, 0.15) is 0 Å². The third kappa shape index (κ3) is 203. The maximum atomic E-state index is 8.58. The second-order valence-corrected chi connectivity index (χ2v) is 3.09. The van der Waals surface area contributed by atoms with Crippen LogP contribution < -0.4 is 228 Å². The molecule has 19 heavy (non-hydrogen) atoms. The van der Waals surface area contributed by atoms with Crippen LogP contribution in [0.2, 0.25) is 0 Å². The second-order valence-electron chi connectivity index (χ2n) is 0.750. The maximum Gasteiger partial charge on any atom is -2.00 e. The topological polar surface area (TPSA) is 190 Å². The molecule has 0 atom stereocenters. The van der Waals surface area contributed by atoms with E-state index in [1.54, 1.807) is 0 Å². The van der Waals surface area contributed by atoms with Crippen LogP contribution in [0, 0.1) is 0 Å². The van der Waals surface area contributed by atoms with Gasteiger partial charge in [-0.05, 0) is 0 Å². The summed E-state index contributed by atoms with van der Waals surface area (Å²) in [6.07, 6.45) is 0. The Bertz CT molecular complexity index is 135. The quantitative estimate of drug-likeness (QED) is 0.242. The van der Waals surface area contributed by atoms with Crippen molar-refractivity contribution in [1.29, 1.82) is 0 Å². The van der Waals surface area contributed by atoms with E-state index in [9.17, 15) is 0 Å². The summed E-state index contributed by atoms with van der Waals surface area (Å²) in [5, 5.41) is 0. The van der Waals surface area contributed by atoms with Crippen LogP contribution >= 0.6 is 0 Å². The molecule has 0 aliphatic carbocycles. The summed E-state index contributed by atoms with van der Waals surface area (Å²) < 4.78 is 77.2. The van der Waals surface area contributed by atoms with Gasteiger partial charge in [0.15, 0.2) is 0 Å². The Morgan fingerprint density at radius 1 is 0.474 bits per heavy atom. The summed E-state index contributed by atoms with van der Waals surface area (Å²) in [6, 6.07) is 0. The average Bonchev–Trinajstić information content (AvgIpc) is 1.54. The van der Waals surface area contributed by atoms with E-state index in [-0.39, 0.29) is 254 Å². The van der Waals surface area contributed by atoms with E-state index in [4.69, 9.17) is 32.1 Å². The zero-order chi connectivity index (χ0) is 10.7. The third-order valence-electron chi connectivity index (χ3n) is 0. The Labute approximate surface area is 330 Å². The molecular formula is K4MoO9S2Ti3. The van der Waals surface area contributed by atoms with Gasteiger partial charge in [0.1, 0.15) is 0 Å². The first-order valence-corrected chi connectivity index (χ1v) is 7.57. The first-order chi connectivity index (χ1) is 5.20. The zero-order valence-corrected chi connectivity index (χ0v) is 31.2. The predicted octanol–water partition coefficient (Wildman–Crippen LogP) is -19.5. The standard InChI is InChI=1S/4K.Mo.9O.2S.3Ti/q4*+1;+6;;;;6*-1;2*-2;;;. The zero-order valence-electron chi connectivity index (χ0n) is 10.4. The van der Waals surface area contributed by atoms with Crippen molar-refractivity contribution in [3.05, 3.63) is 0 Å². The van der Waals surface area contributed by atoms with Crippen LogP contribution in [-0.2, 0) is 114 Å². The minimum absolute atomic E-state index is 0. The molecule has 88 valence electrons. The molecule has 0 rings (SSSR count). The smallest absolute Gasteiger partial charge is 2.00 e. The SMILES string of the molecule is [K+].[K+].[K+].[K+].[Mo+6].[O]=[Ti]([O-])[O-].[O]=[Ti]([O-])[O-].[O]=[Ti]([O-])[O-].[S-2].[S-2]. The molecule has 0 aliphatic rings. The molecule has 9 nitrogen and oxygen atoms in total. The molecule has 0 radical (unpaired) electrons. The minimum atomic E-state index is -4.08. The van der Waals surface area contributed by atoms with Gasteiger partial charge in [0.05, 0.1) is 0 Å². The summed E-state index contributed by atoms with van der Waals surface area (Å²) in [5.74, 6) is 0. The molecule has 0 fully saturated rings. The molecule has 0 spiro atoms. The van der Waals surface area contributed by atoms with Crippen LogP contribution in [-0.4, -0.2) is 0 Å². The van der Waals surface area contributed by atoms with Gasteiger partial charge in [0.25, 0.3) is 0 Å². The van der Waals surface area contributed by atoms with Crippen LogP contribution in [0.3, 0.4) is 0 Å². The summed E-state index contributed by atoms with van der Waals surface area (Å²) in [4.78, 5) is 0. The van der Waals surface area contributed by atoms with E-state index in [0.29, 0.717) is 0 Å². The monoisotopic (exact) mass is 606 g/mol. The molecule has 0 aromatic carbocycles. The van der Waals surface area contributed by atoms with Crippen molar-refractivity contribution in [2.24, 2.45) is 0 Å². The molecule has 0 saturated heterocycles. The number of hydrogen-bond donors (Lipinski definition) is 0. The van der Waals surface area contributed by atoms with Crippen molar-refractivity contribution in [3.63, 3.8) is 0 Å². The molecule has 0 aliphatic heterocycles. The minimum Gasteiger partial charge on any atom is -2.00 e. The Balaban J connectivity index is -0.00000000675. The number of hydrogen-bond acceptors (Lipinski definition) is 9. The Morgan fingerprint density at radius 3 is 0.474 bits per heavy atom. The largest absolute Gasteiger partial charge is 2.00 e. The third-order valence-corrected chi connectivity index (χ3v) is 0. The Hall–Kier alpha value is 9.24. The van der Waals surface area contributed by atoms with Crippen molar-refractivity contribution in [1.82, 2.24) is 0 Å². The molecule has 0 aromatic heterocycles. The van der Waals surface area contributed by atoms with Crippen molar-refractivity contribution >= 4 is 27.0 Å². The van der Waals surface area contributed by atoms with Crippen molar-refractivity contribution in [2.45, 2.75) is 0 Å². The second kappa shape index (κ2) is 56.4. The molecular weight excluding hydrogens is 604 g/mol. The fourth-order valence-corrected chi connectivity index (χ4v) is 0. The summed E-state index contributed by atoms with van der Waals surface area (Å²) in [7, 11) is 0. The summed E-state index contributed by atoms with van der Waals surface area (Å²) in [5.41, 5.74) is 0. The molecule has 0 saturated carbocycles. The molecule has 0 N–H and O–H groups in total. The Morgan fingerprint density at radius 2 is 0.474 bits per heavy atom.